The molecule has 5 heteroatoms. The van der Waals surface area contributed by atoms with E-state index in [1.165, 1.54) is 6.42 Å². The summed E-state index contributed by atoms with van der Waals surface area (Å²) in [6.07, 6.45) is 2.95. The van der Waals surface area contributed by atoms with Crippen molar-refractivity contribution in [1.29, 1.82) is 0 Å². The predicted octanol–water partition coefficient (Wildman–Crippen LogP) is 2.62. The Balaban J connectivity index is 1.83. The number of carbonyl (C=O) groups excluding carboxylic acids is 1. The zero-order valence-corrected chi connectivity index (χ0v) is 11.8. The lowest BCUT2D eigenvalue weighted by Crippen LogP contribution is -2.25. The molecule has 110 valence electrons. The van der Waals surface area contributed by atoms with Crippen molar-refractivity contribution in [1.82, 2.24) is 0 Å². The van der Waals surface area contributed by atoms with E-state index in [0.29, 0.717) is 36.4 Å². The first-order chi connectivity index (χ1) is 9.74. The van der Waals surface area contributed by atoms with Crippen LogP contribution in [0.4, 0.5) is 10.5 Å². The molecular weight excluding hydrogens is 256 g/mol. The lowest BCUT2D eigenvalue weighted by atomic mass is 9.97. The van der Waals surface area contributed by atoms with Crippen molar-refractivity contribution in [3.8, 4) is 5.75 Å². The number of hydrogen-bond acceptors (Lipinski definition) is 4. The highest BCUT2D eigenvalue weighted by atomic mass is 16.5. The van der Waals surface area contributed by atoms with Crippen molar-refractivity contribution in [3.05, 3.63) is 24.3 Å². The van der Waals surface area contributed by atoms with Gasteiger partial charge in [-0.15, -0.1) is 0 Å². The molecule has 0 saturated heterocycles. The van der Waals surface area contributed by atoms with E-state index in [1.807, 2.05) is 12.1 Å². The SMILES string of the molecule is COc1ccccc1NC(=O)OCC1CCCC1CN. The minimum absolute atomic E-state index is 0.392. The zero-order chi connectivity index (χ0) is 14.4. The number of rotatable bonds is 5. The lowest BCUT2D eigenvalue weighted by molar-refractivity contribution is 0.130. The van der Waals surface area contributed by atoms with E-state index in [4.69, 9.17) is 15.2 Å². The summed E-state index contributed by atoms with van der Waals surface area (Å²) in [5.74, 6) is 1.49. The maximum absolute atomic E-state index is 11.8. The maximum Gasteiger partial charge on any atom is 0.411 e. The number of carbonyl (C=O) groups is 1. The molecule has 0 radical (unpaired) electrons. The molecule has 0 bridgehead atoms. The molecule has 2 rings (SSSR count). The van der Waals surface area contributed by atoms with Crippen LogP contribution >= 0.6 is 0 Å². The molecule has 2 unspecified atom stereocenters. The molecule has 1 aromatic carbocycles. The Labute approximate surface area is 119 Å². The molecule has 3 N–H and O–H groups in total. The summed E-state index contributed by atoms with van der Waals surface area (Å²) in [7, 11) is 1.57. The number of ether oxygens (including phenoxy) is 2. The molecule has 0 aromatic heterocycles. The van der Waals surface area contributed by atoms with E-state index >= 15 is 0 Å². The van der Waals surface area contributed by atoms with Crippen molar-refractivity contribution in [2.45, 2.75) is 19.3 Å². The van der Waals surface area contributed by atoms with Crippen LogP contribution < -0.4 is 15.8 Å². The second-order valence-corrected chi connectivity index (χ2v) is 5.11. The Hall–Kier alpha value is -1.75. The first-order valence-corrected chi connectivity index (χ1v) is 7.01. The fourth-order valence-electron chi connectivity index (χ4n) is 2.72. The highest BCUT2D eigenvalue weighted by Crippen LogP contribution is 2.31. The van der Waals surface area contributed by atoms with Crippen molar-refractivity contribution in [2.75, 3.05) is 25.6 Å². The third-order valence-corrected chi connectivity index (χ3v) is 3.89. The summed E-state index contributed by atoms with van der Waals surface area (Å²) in [4.78, 5) is 11.8. The predicted molar refractivity (Wildman–Crippen MR) is 77.9 cm³/mol. The second kappa shape index (κ2) is 7.14. The number of nitrogens with two attached hydrogens (primary N) is 1. The van der Waals surface area contributed by atoms with Gasteiger partial charge in [-0.25, -0.2) is 4.79 Å². The van der Waals surface area contributed by atoms with Gasteiger partial charge in [0.1, 0.15) is 5.75 Å². The standard InChI is InChI=1S/C15H22N2O3/c1-19-14-8-3-2-7-13(14)17-15(18)20-10-12-6-4-5-11(12)9-16/h2-3,7-8,11-12H,4-6,9-10,16H2,1H3,(H,17,18). The fourth-order valence-corrected chi connectivity index (χ4v) is 2.72. The Morgan fingerprint density at radius 3 is 2.85 bits per heavy atom. The average molecular weight is 278 g/mol. The van der Waals surface area contributed by atoms with Crippen LogP contribution in [0.2, 0.25) is 0 Å². The molecule has 1 aliphatic carbocycles. The van der Waals surface area contributed by atoms with Gasteiger partial charge in [0, 0.05) is 0 Å². The molecular formula is C15H22N2O3. The van der Waals surface area contributed by atoms with Crippen molar-refractivity contribution < 1.29 is 14.3 Å². The Morgan fingerprint density at radius 1 is 1.35 bits per heavy atom. The van der Waals surface area contributed by atoms with E-state index < -0.39 is 6.09 Å². The highest BCUT2D eigenvalue weighted by molar-refractivity contribution is 5.86. The van der Waals surface area contributed by atoms with E-state index in [2.05, 4.69) is 5.32 Å². The van der Waals surface area contributed by atoms with Crippen LogP contribution in [0.3, 0.4) is 0 Å². The zero-order valence-electron chi connectivity index (χ0n) is 11.8. The molecule has 1 aliphatic rings. The first kappa shape index (κ1) is 14.7. The summed E-state index contributed by atoms with van der Waals surface area (Å²) in [6.45, 7) is 1.10. The number of anilines is 1. The topological polar surface area (TPSA) is 73.6 Å². The van der Waals surface area contributed by atoms with Gasteiger partial charge in [-0.2, -0.15) is 0 Å². The Morgan fingerprint density at radius 2 is 2.10 bits per heavy atom. The van der Waals surface area contributed by atoms with Gasteiger partial charge in [-0.05, 0) is 43.4 Å². The summed E-state index contributed by atoms with van der Waals surface area (Å²) in [5, 5.41) is 2.70. The van der Waals surface area contributed by atoms with Crippen LogP contribution in [0.15, 0.2) is 24.3 Å². The number of amides is 1. The molecule has 1 amide bonds. The van der Waals surface area contributed by atoms with Crippen LogP contribution in [0.5, 0.6) is 5.75 Å². The van der Waals surface area contributed by atoms with E-state index in [0.717, 1.165) is 12.8 Å². The molecule has 1 fully saturated rings. The highest BCUT2D eigenvalue weighted by Gasteiger charge is 2.27. The third-order valence-electron chi connectivity index (χ3n) is 3.89. The van der Waals surface area contributed by atoms with Crippen LogP contribution in [-0.2, 0) is 4.74 Å². The smallest absolute Gasteiger partial charge is 0.411 e. The molecule has 0 heterocycles. The van der Waals surface area contributed by atoms with Crippen molar-refractivity contribution in [3.63, 3.8) is 0 Å². The fraction of sp³-hybridized carbons (Fsp3) is 0.533. The van der Waals surface area contributed by atoms with E-state index in [1.54, 1.807) is 19.2 Å². The van der Waals surface area contributed by atoms with E-state index in [-0.39, 0.29) is 0 Å². The van der Waals surface area contributed by atoms with Gasteiger partial charge < -0.3 is 15.2 Å². The van der Waals surface area contributed by atoms with Gasteiger partial charge in [0.05, 0.1) is 19.4 Å². The summed E-state index contributed by atoms with van der Waals surface area (Å²) in [5.41, 5.74) is 6.33. The lowest BCUT2D eigenvalue weighted by Gasteiger charge is -2.18. The normalized spacial score (nSPS) is 21.5. The molecule has 0 spiro atoms. The molecule has 1 aromatic rings. The van der Waals surface area contributed by atoms with Gasteiger partial charge in [-0.3, -0.25) is 5.32 Å². The minimum Gasteiger partial charge on any atom is -0.495 e. The van der Waals surface area contributed by atoms with Gasteiger partial charge in [-0.1, -0.05) is 18.6 Å². The molecule has 2 atom stereocenters. The number of para-hydroxylation sites is 2. The van der Waals surface area contributed by atoms with Gasteiger partial charge >= 0.3 is 6.09 Å². The summed E-state index contributed by atoms with van der Waals surface area (Å²) >= 11 is 0. The Bertz CT molecular complexity index is 450. The van der Waals surface area contributed by atoms with Gasteiger partial charge in [0.2, 0.25) is 0 Å². The van der Waals surface area contributed by atoms with Crippen molar-refractivity contribution in [2.24, 2.45) is 17.6 Å². The second-order valence-electron chi connectivity index (χ2n) is 5.11. The number of nitrogens with one attached hydrogen (secondary N) is 1. The van der Waals surface area contributed by atoms with Crippen LogP contribution in [0.25, 0.3) is 0 Å². The molecule has 20 heavy (non-hydrogen) atoms. The number of methoxy groups -OCH3 is 1. The maximum atomic E-state index is 11.8. The largest absolute Gasteiger partial charge is 0.495 e. The molecule has 0 aliphatic heterocycles. The quantitative estimate of drug-likeness (QED) is 0.868. The van der Waals surface area contributed by atoms with Crippen LogP contribution in [0, 0.1) is 11.8 Å². The van der Waals surface area contributed by atoms with E-state index in [9.17, 15) is 4.79 Å². The summed E-state index contributed by atoms with van der Waals surface area (Å²) in [6, 6.07) is 7.24. The number of benzene rings is 1. The Kier molecular flexibility index (Phi) is 5.24. The van der Waals surface area contributed by atoms with Gasteiger partial charge in [0.15, 0.2) is 0 Å². The average Bonchev–Trinajstić information content (AvgIpc) is 2.93. The third kappa shape index (κ3) is 3.63. The minimum atomic E-state index is -0.447. The van der Waals surface area contributed by atoms with Crippen LogP contribution in [-0.4, -0.2) is 26.4 Å². The monoisotopic (exact) mass is 278 g/mol. The summed E-state index contributed by atoms with van der Waals surface area (Å²) < 4.78 is 10.5. The molecule has 5 nitrogen and oxygen atoms in total. The van der Waals surface area contributed by atoms with Crippen LogP contribution in [0.1, 0.15) is 19.3 Å². The van der Waals surface area contributed by atoms with Gasteiger partial charge in [0.25, 0.3) is 0 Å². The number of hydrogen-bond donors (Lipinski definition) is 2. The van der Waals surface area contributed by atoms with Crippen molar-refractivity contribution >= 4 is 11.8 Å². The molecule has 1 saturated carbocycles. The first-order valence-electron chi connectivity index (χ1n) is 7.01.